The molecular weight excluding hydrogens is 262 g/mol. The molecule has 0 fully saturated rings. The van der Waals surface area contributed by atoms with E-state index in [1.54, 1.807) is 20.8 Å². The zero-order chi connectivity index (χ0) is 16.2. The van der Waals surface area contributed by atoms with Crippen LogP contribution in [-0.4, -0.2) is 11.8 Å². The molecule has 0 aliphatic heterocycles. The molecule has 1 aromatic carbocycles. The van der Waals surface area contributed by atoms with Crippen molar-refractivity contribution in [1.29, 1.82) is 0 Å². The predicted molar refractivity (Wildman–Crippen MR) is 85.8 cm³/mol. The summed E-state index contributed by atoms with van der Waals surface area (Å²) in [5.41, 5.74) is 0.577. The van der Waals surface area contributed by atoms with Crippen LogP contribution in [0.5, 0.6) is 0 Å². The normalized spacial score (nSPS) is 14.6. The maximum atomic E-state index is 12.4. The second-order valence-electron chi connectivity index (χ2n) is 7.04. The molecule has 0 aliphatic carbocycles. The van der Waals surface area contributed by atoms with Gasteiger partial charge in [-0.1, -0.05) is 71.9 Å². The average molecular weight is 289 g/mol. The molecule has 0 saturated heterocycles. The topological polar surface area (TPSA) is 46.2 Å². The smallest absolute Gasteiger partial charge is 0.231 e. The molecule has 0 aromatic heterocycles. The molecule has 0 heterocycles. The number of hydrogen-bond donors (Lipinski definition) is 1. The van der Waals surface area contributed by atoms with Gasteiger partial charge < -0.3 is 0 Å². The van der Waals surface area contributed by atoms with Crippen molar-refractivity contribution in [3.8, 4) is 0 Å². The van der Waals surface area contributed by atoms with Crippen LogP contribution in [0, 0.1) is 17.3 Å². The van der Waals surface area contributed by atoms with Gasteiger partial charge in [-0.25, -0.2) is 0 Å². The van der Waals surface area contributed by atoms with Crippen molar-refractivity contribution in [2.45, 2.75) is 47.5 Å². The number of hydrogen-bond acceptors (Lipinski definition) is 2. The number of benzene rings is 1. The quantitative estimate of drug-likeness (QED) is 0.917. The van der Waals surface area contributed by atoms with E-state index in [0.29, 0.717) is 5.92 Å². The van der Waals surface area contributed by atoms with Gasteiger partial charge in [-0.15, -0.1) is 0 Å². The predicted octanol–water partition coefficient (Wildman–Crippen LogP) is 3.75. The van der Waals surface area contributed by atoms with Gasteiger partial charge >= 0.3 is 0 Å². The summed E-state index contributed by atoms with van der Waals surface area (Å²) in [5, 5.41) is 2.55. The van der Waals surface area contributed by atoms with Crippen LogP contribution < -0.4 is 5.32 Å². The zero-order valence-corrected chi connectivity index (χ0v) is 13.9. The van der Waals surface area contributed by atoms with Crippen molar-refractivity contribution in [3.05, 3.63) is 35.9 Å². The van der Waals surface area contributed by atoms with Crippen LogP contribution >= 0.6 is 0 Å². The zero-order valence-electron chi connectivity index (χ0n) is 13.9. The van der Waals surface area contributed by atoms with E-state index in [2.05, 4.69) is 19.2 Å². The fraction of sp³-hybridized carbons (Fsp3) is 0.556. The standard InChI is InChI=1S/C18H27NO2/c1-12(2)15(14-10-8-7-9-11-14)13(3)16(20)19-17(21)18(4,5)6/h7-13,15H,1-6H3,(H,19,20,21)/t13-,15+/m1/s1. The van der Waals surface area contributed by atoms with E-state index >= 15 is 0 Å². The Balaban J connectivity index is 2.90. The summed E-state index contributed by atoms with van der Waals surface area (Å²) in [7, 11) is 0. The van der Waals surface area contributed by atoms with Crippen molar-refractivity contribution in [3.63, 3.8) is 0 Å². The van der Waals surface area contributed by atoms with E-state index in [4.69, 9.17) is 0 Å². The Hall–Kier alpha value is -1.64. The van der Waals surface area contributed by atoms with Crippen molar-refractivity contribution < 1.29 is 9.59 Å². The second kappa shape index (κ2) is 6.88. The van der Waals surface area contributed by atoms with Crippen LogP contribution in [-0.2, 0) is 9.59 Å². The number of nitrogens with one attached hydrogen (secondary N) is 1. The first-order valence-electron chi connectivity index (χ1n) is 7.54. The van der Waals surface area contributed by atoms with Gasteiger partial charge in [0.15, 0.2) is 0 Å². The van der Waals surface area contributed by atoms with Crippen LogP contribution in [0.25, 0.3) is 0 Å². The summed E-state index contributed by atoms with van der Waals surface area (Å²) in [6, 6.07) is 10.0. The van der Waals surface area contributed by atoms with Gasteiger partial charge in [0.25, 0.3) is 0 Å². The van der Waals surface area contributed by atoms with Crippen LogP contribution in [0.15, 0.2) is 30.3 Å². The minimum Gasteiger partial charge on any atom is -0.296 e. The highest BCUT2D eigenvalue weighted by Gasteiger charge is 2.31. The van der Waals surface area contributed by atoms with E-state index in [-0.39, 0.29) is 23.7 Å². The van der Waals surface area contributed by atoms with E-state index in [0.717, 1.165) is 5.56 Å². The lowest BCUT2D eigenvalue weighted by molar-refractivity contribution is -0.137. The van der Waals surface area contributed by atoms with E-state index in [1.807, 2.05) is 37.3 Å². The van der Waals surface area contributed by atoms with Gasteiger partial charge in [-0.3, -0.25) is 14.9 Å². The van der Waals surface area contributed by atoms with Gasteiger partial charge in [0.05, 0.1) is 0 Å². The van der Waals surface area contributed by atoms with Gasteiger partial charge in [0, 0.05) is 11.3 Å². The second-order valence-corrected chi connectivity index (χ2v) is 7.04. The Kier molecular flexibility index (Phi) is 5.70. The van der Waals surface area contributed by atoms with Gasteiger partial charge in [0.2, 0.25) is 11.8 Å². The maximum absolute atomic E-state index is 12.4. The minimum absolute atomic E-state index is 0.0963. The molecule has 21 heavy (non-hydrogen) atoms. The van der Waals surface area contributed by atoms with Gasteiger partial charge in [-0.05, 0) is 17.4 Å². The highest BCUT2D eigenvalue weighted by atomic mass is 16.2. The molecule has 3 nitrogen and oxygen atoms in total. The van der Waals surface area contributed by atoms with E-state index in [9.17, 15) is 9.59 Å². The molecule has 0 saturated carbocycles. The lowest BCUT2D eigenvalue weighted by Crippen LogP contribution is -2.43. The summed E-state index contributed by atoms with van der Waals surface area (Å²) in [5.74, 6) is -0.261. The number of amides is 2. The van der Waals surface area contributed by atoms with Crippen molar-refractivity contribution >= 4 is 11.8 Å². The number of carbonyl (C=O) groups is 2. The van der Waals surface area contributed by atoms with E-state index in [1.165, 1.54) is 0 Å². The lowest BCUT2D eigenvalue weighted by Gasteiger charge is -2.28. The molecule has 0 unspecified atom stereocenters. The molecule has 1 N–H and O–H groups in total. The third kappa shape index (κ3) is 4.69. The molecular formula is C18H27NO2. The van der Waals surface area contributed by atoms with Crippen molar-refractivity contribution in [2.24, 2.45) is 17.3 Å². The first kappa shape index (κ1) is 17.4. The molecule has 0 radical (unpaired) electrons. The Morgan fingerprint density at radius 1 is 1.00 bits per heavy atom. The number of rotatable bonds is 4. The molecule has 0 spiro atoms. The summed E-state index contributed by atoms with van der Waals surface area (Å²) in [4.78, 5) is 24.4. The average Bonchev–Trinajstić information content (AvgIpc) is 2.38. The van der Waals surface area contributed by atoms with Crippen LogP contribution in [0.3, 0.4) is 0 Å². The summed E-state index contributed by atoms with van der Waals surface area (Å²) in [6.07, 6.45) is 0. The third-order valence-corrected chi connectivity index (χ3v) is 3.77. The molecule has 116 valence electrons. The lowest BCUT2D eigenvalue weighted by atomic mass is 9.78. The number of carbonyl (C=O) groups excluding carboxylic acids is 2. The molecule has 3 heteroatoms. The molecule has 1 aromatic rings. The first-order chi connectivity index (χ1) is 9.64. The Bertz CT molecular complexity index is 486. The summed E-state index contributed by atoms with van der Waals surface area (Å²) >= 11 is 0. The largest absolute Gasteiger partial charge is 0.296 e. The van der Waals surface area contributed by atoms with Crippen molar-refractivity contribution in [2.75, 3.05) is 0 Å². The van der Waals surface area contributed by atoms with Crippen LogP contribution in [0.2, 0.25) is 0 Å². The summed E-state index contributed by atoms with van der Waals surface area (Å²) < 4.78 is 0. The highest BCUT2D eigenvalue weighted by molar-refractivity contribution is 5.98. The molecule has 0 aliphatic rings. The third-order valence-electron chi connectivity index (χ3n) is 3.77. The van der Waals surface area contributed by atoms with Gasteiger partial charge in [-0.2, -0.15) is 0 Å². The maximum Gasteiger partial charge on any atom is 0.231 e. The first-order valence-corrected chi connectivity index (χ1v) is 7.54. The molecule has 2 atom stereocenters. The van der Waals surface area contributed by atoms with E-state index < -0.39 is 5.41 Å². The molecule has 1 rings (SSSR count). The SMILES string of the molecule is CC(C)[C@H](c1ccccc1)[C@@H](C)C(=O)NC(=O)C(C)(C)C. The van der Waals surface area contributed by atoms with Crippen molar-refractivity contribution in [1.82, 2.24) is 5.32 Å². The van der Waals surface area contributed by atoms with Crippen LogP contribution in [0.4, 0.5) is 0 Å². The Labute approximate surface area is 128 Å². The fourth-order valence-corrected chi connectivity index (χ4v) is 2.50. The monoisotopic (exact) mass is 289 g/mol. The molecule has 0 bridgehead atoms. The Morgan fingerprint density at radius 2 is 1.52 bits per heavy atom. The molecule has 2 amide bonds. The highest BCUT2D eigenvalue weighted by Crippen LogP contribution is 2.32. The van der Waals surface area contributed by atoms with Crippen LogP contribution in [0.1, 0.15) is 53.0 Å². The fourth-order valence-electron chi connectivity index (χ4n) is 2.50. The summed E-state index contributed by atoms with van der Waals surface area (Å²) in [6.45, 7) is 11.5. The Morgan fingerprint density at radius 3 is 1.95 bits per heavy atom. The van der Waals surface area contributed by atoms with Gasteiger partial charge in [0.1, 0.15) is 0 Å². The number of imide groups is 1. The minimum atomic E-state index is -0.560.